The smallest absolute Gasteiger partial charge is 0.449 e. The molecule has 0 aromatic carbocycles. The molecule has 1 amide bonds. The quantitative estimate of drug-likeness (QED) is 0.0771. The lowest BCUT2D eigenvalue weighted by Crippen LogP contribution is -2.69. The molecule has 0 bridgehead atoms. The average molecular weight is 1060 g/mol. The summed E-state index contributed by atoms with van der Waals surface area (Å²) in [6.45, 7) is 1.95. The molecule has 0 aliphatic heterocycles. The fourth-order valence-electron chi connectivity index (χ4n) is 5.37. The second kappa shape index (κ2) is 30.5. The zero-order valence-corrected chi connectivity index (χ0v) is 48.2. The molecule has 0 aromatic rings. The van der Waals surface area contributed by atoms with Gasteiger partial charge in [0, 0.05) is 153 Å². The lowest BCUT2D eigenvalue weighted by atomic mass is 10.4. The first-order chi connectivity index (χ1) is 29.9. The van der Waals surface area contributed by atoms with Gasteiger partial charge in [0.15, 0.2) is 0 Å². The molecule has 0 radical (unpaired) electrons. The Labute approximate surface area is 381 Å². The van der Waals surface area contributed by atoms with Gasteiger partial charge in [-0.1, -0.05) is 6.92 Å². The topological polar surface area (TPSA) is 251 Å². The Morgan fingerprint density at radius 3 is 0.698 bits per heavy atom. The number of carbonyl (C=O) groups is 1. The van der Waals surface area contributed by atoms with Crippen molar-refractivity contribution in [1.29, 1.82) is 0 Å². The predicted molar refractivity (Wildman–Crippen MR) is 231 cm³/mol. The first-order valence-electron chi connectivity index (χ1n) is 18.9. The van der Waals surface area contributed by atoms with E-state index in [0.29, 0.717) is 6.42 Å². The summed E-state index contributed by atoms with van der Waals surface area (Å²) >= 11 is 0. The van der Waals surface area contributed by atoms with E-state index in [1.54, 1.807) is 0 Å². The van der Waals surface area contributed by atoms with Gasteiger partial charge in [0.25, 0.3) is 0 Å². The summed E-state index contributed by atoms with van der Waals surface area (Å²) in [6, 6.07) is -0.258. The first kappa shape index (κ1) is 63.0. The highest BCUT2D eigenvalue weighted by molar-refractivity contribution is 6.83. The second-order valence-electron chi connectivity index (χ2n) is 12.0. The van der Waals surface area contributed by atoms with Gasteiger partial charge in [-0.15, -0.1) is 0 Å². The third-order valence-electron chi connectivity index (χ3n) is 8.69. The normalized spacial score (nSPS) is 13.8. The molecule has 0 aliphatic carbocycles. The van der Waals surface area contributed by atoms with E-state index in [4.69, 9.17) is 109 Å². The van der Waals surface area contributed by atoms with Crippen molar-refractivity contribution in [2.45, 2.75) is 38.3 Å². The third kappa shape index (κ3) is 17.8. The molecule has 0 aromatic heterocycles. The summed E-state index contributed by atoms with van der Waals surface area (Å²) in [4.78, 5) is 15.3. The van der Waals surface area contributed by atoms with Gasteiger partial charge < -0.3 is 114 Å². The van der Waals surface area contributed by atoms with Crippen molar-refractivity contribution < 1.29 is 114 Å². The van der Waals surface area contributed by atoms with Crippen molar-refractivity contribution in [2.75, 3.05) is 148 Å². The van der Waals surface area contributed by atoms with Gasteiger partial charge in [-0.2, -0.15) is 0 Å². The van der Waals surface area contributed by atoms with Crippen LogP contribution < -0.4 is 0 Å². The molecular formula is C28H73NO26Si8. The number of rotatable bonds is 40. The third-order valence-corrected chi connectivity index (χ3v) is 33.1. The maximum atomic E-state index is 13.8. The van der Waals surface area contributed by atoms with Crippen molar-refractivity contribution in [3.8, 4) is 0 Å². The van der Waals surface area contributed by atoms with E-state index in [1.807, 2.05) is 6.92 Å². The summed E-state index contributed by atoms with van der Waals surface area (Å²) in [5, 5.41) is 0. The summed E-state index contributed by atoms with van der Waals surface area (Å²) in [6.07, 6.45) is 0.0324. The number of nitrogens with zero attached hydrogens (tertiary/aromatic N) is 1. The predicted octanol–water partition coefficient (Wildman–Crippen LogP) is 0.841. The molecule has 0 saturated heterocycles. The van der Waals surface area contributed by atoms with Crippen LogP contribution in [0.15, 0.2) is 0 Å². The molecule has 35 heteroatoms. The van der Waals surface area contributed by atoms with Gasteiger partial charge in [-0.05, 0) is 19.3 Å². The minimum absolute atomic E-state index is 0.0122. The number of hydrogen-bond acceptors (Lipinski definition) is 26. The minimum atomic E-state index is -4.48. The Morgan fingerprint density at radius 1 is 0.349 bits per heavy atom. The number of ether oxygens (including phenoxy) is 1. The molecular weight excluding hydrogens is 991 g/mol. The van der Waals surface area contributed by atoms with Crippen LogP contribution in [0.5, 0.6) is 0 Å². The largest absolute Gasteiger partial charge is 0.671 e. The maximum Gasteiger partial charge on any atom is 0.671 e. The zero-order chi connectivity index (χ0) is 48.5. The number of carbonyl (C=O) groups excluding carboxylic acids is 1. The Bertz CT molecular complexity index is 981. The molecule has 378 valence electrons. The van der Waals surface area contributed by atoms with Gasteiger partial charge in [-0.25, -0.2) is 4.79 Å². The van der Waals surface area contributed by atoms with Crippen molar-refractivity contribution in [1.82, 2.24) is 4.90 Å². The van der Waals surface area contributed by atoms with E-state index < -0.39 is 78.0 Å². The van der Waals surface area contributed by atoms with Gasteiger partial charge in [0.2, 0.25) is 0 Å². The second-order valence-corrected chi connectivity index (χ2v) is 33.9. The van der Waals surface area contributed by atoms with Gasteiger partial charge >= 0.3 is 78.0 Å². The Morgan fingerprint density at radius 2 is 0.540 bits per heavy atom. The van der Waals surface area contributed by atoms with E-state index >= 15 is 0 Å². The summed E-state index contributed by atoms with van der Waals surface area (Å²) < 4.78 is 146. The molecule has 0 aliphatic rings. The molecule has 0 unspecified atom stereocenters. The molecule has 0 atom stereocenters. The van der Waals surface area contributed by atoms with Gasteiger partial charge in [-0.3, -0.25) is 0 Å². The Hall–Kier alpha value is 0.0451. The summed E-state index contributed by atoms with van der Waals surface area (Å²) in [7, 11) is -9.66. The molecule has 63 heavy (non-hydrogen) atoms. The van der Waals surface area contributed by atoms with E-state index in [0.717, 1.165) is 0 Å². The highest BCUT2D eigenvalue weighted by atomic mass is 28.5. The molecule has 27 nitrogen and oxygen atoms in total. The van der Waals surface area contributed by atoms with Crippen molar-refractivity contribution in [3.63, 3.8) is 0 Å². The van der Waals surface area contributed by atoms with E-state index in [2.05, 4.69) is 0 Å². The molecule has 0 spiro atoms. The molecule has 0 rings (SSSR count). The average Bonchev–Trinajstić information content (AvgIpc) is 3.33. The van der Waals surface area contributed by atoms with Gasteiger partial charge in [0.1, 0.15) is 0 Å². The zero-order valence-electron chi connectivity index (χ0n) is 40.2. The van der Waals surface area contributed by atoms with E-state index in [-0.39, 0.29) is 44.6 Å². The summed E-state index contributed by atoms with van der Waals surface area (Å²) in [5.74, 6) is 0. The lowest BCUT2D eigenvalue weighted by Gasteiger charge is -2.41. The number of hydrogen-bond donors (Lipinski definition) is 0. The van der Waals surface area contributed by atoms with E-state index in [9.17, 15) is 4.79 Å². The van der Waals surface area contributed by atoms with Crippen LogP contribution in [0.3, 0.4) is 0 Å². The highest BCUT2D eigenvalue weighted by Crippen LogP contribution is 2.34. The van der Waals surface area contributed by atoms with Crippen LogP contribution in [0.25, 0.3) is 0 Å². The van der Waals surface area contributed by atoms with Crippen LogP contribution in [-0.2, 0) is 109 Å². The molecule has 0 heterocycles. The molecule has 0 N–H and O–H groups in total. The number of amides is 1. The van der Waals surface area contributed by atoms with Crippen LogP contribution in [0, 0.1) is 0 Å². The van der Waals surface area contributed by atoms with Crippen LogP contribution >= 0.6 is 0 Å². The standard InChI is InChI=1S/C28H73NO26Si8/c1-20-25-49-28(30)29(23-21-26-56(50-58(31-2,32-3)33-4,51-59(34-5,35-6)36-7)52-60(37-8,38-9)39-10)24-22-27-57(53-61(40-11,41-12)42-13,54-62(43-14,44-15)45-16)55-63(46-17,47-18)48-19/h20-27H2,1-19H3. The monoisotopic (exact) mass is 1060 g/mol. The Balaban J connectivity index is 7.61. The molecule has 0 saturated carbocycles. The fraction of sp³-hybridized carbons (Fsp3) is 0.964. The SMILES string of the molecule is CCCOC(=O)N(CCC[Si](O[Si](OC)(OC)OC)(O[Si](OC)(OC)OC)O[Si](OC)(OC)OC)CCC[Si](O[Si](OC)(OC)OC)(O[Si](OC)(OC)OC)O[Si](OC)(OC)OC. The summed E-state index contributed by atoms with van der Waals surface area (Å²) in [5.41, 5.74) is 0. The Kier molecular flexibility index (Phi) is 30.5. The first-order valence-corrected chi connectivity index (χ1v) is 32.6. The highest BCUT2D eigenvalue weighted by Gasteiger charge is 2.67. The fourth-order valence-corrected chi connectivity index (χ4v) is 30.4. The van der Waals surface area contributed by atoms with Crippen LogP contribution in [0.2, 0.25) is 12.1 Å². The van der Waals surface area contributed by atoms with Crippen LogP contribution in [0.1, 0.15) is 26.2 Å². The van der Waals surface area contributed by atoms with E-state index in [1.165, 1.54) is 133 Å². The van der Waals surface area contributed by atoms with Crippen molar-refractivity contribution in [3.05, 3.63) is 0 Å². The molecule has 0 fully saturated rings. The van der Waals surface area contributed by atoms with Gasteiger partial charge in [0.05, 0.1) is 6.61 Å². The lowest BCUT2D eigenvalue weighted by molar-refractivity contribution is -0.0285. The maximum absolute atomic E-state index is 13.8. The van der Waals surface area contributed by atoms with Crippen molar-refractivity contribution in [2.24, 2.45) is 0 Å². The van der Waals surface area contributed by atoms with Crippen molar-refractivity contribution >= 4 is 78.0 Å². The van der Waals surface area contributed by atoms with Crippen LogP contribution in [-0.4, -0.2) is 231 Å². The van der Waals surface area contributed by atoms with Crippen LogP contribution in [0.4, 0.5) is 4.79 Å². The minimum Gasteiger partial charge on any atom is -0.449 e.